The average molecular weight is 377 g/mol. The summed E-state index contributed by atoms with van der Waals surface area (Å²) in [6.07, 6.45) is 5.70. The van der Waals surface area contributed by atoms with Crippen molar-refractivity contribution in [2.45, 2.75) is 12.8 Å². The van der Waals surface area contributed by atoms with Crippen molar-refractivity contribution in [2.24, 2.45) is 0 Å². The normalized spacial score (nSPS) is 14.2. The number of carbonyl (C=O) groups is 1. The van der Waals surface area contributed by atoms with Crippen molar-refractivity contribution in [3.8, 4) is 5.69 Å². The van der Waals surface area contributed by atoms with Crippen molar-refractivity contribution in [3.63, 3.8) is 0 Å². The molecule has 0 saturated carbocycles. The highest BCUT2D eigenvalue weighted by molar-refractivity contribution is 5.95. The zero-order chi connectivity index (χ0) is 19.7. The molecule has 0 unspecified atom stereocenters. The van der Waals surface area contributed by atoms with E-state index in [0.717, 1.165) is 41.7 Å². The van der Waals surface area contributed by atoms with Gasteiger partial charge in [-0.1, -0.05) is 12.1 Å². The lowest BCUT2D eigenvalue weighted by Gasteiger charge is -2.14. The van der Waals surface area contributed by atoms with E-state index in [-0.39, 0.29) is 11.7 Å². The van der Waals surface area contributed by atoms with E-state index in [4.69, 9.17) is 0 Å². The molecule has 2 aromatic carbocycles. The van der Waals surface area contributed by atoms with Crippen LogP contribution < -0.4 is 5.32 Å². The van der Waals surface area contributed by atoms with Crippen molar-refractivity contribution < 1.29 is 9.18 Å². The minimum Gasteiger partial charge on any atom is -0.349 e. The maximum absolute atomic E-state index is 13.4. The number of rotatable bonds is 4. The van der Waals surface area contributed by atoms with Crippen LogP contribution in [0.3, 0.4) is 0 Å². The van der Waals surface area contributed by atoms with Crippen LogP contribution in [-0.2, 0) is 11.2 Å². The van der Waals surface area contributed by atoms with E-state index in [1.165, 1.54) is 23.3 Å². The van der Waals surface area contributed by atoms with Crippen molar-refractivity contribution in [1.29, 1.82) is 0 Å². The fraction of sp³-hybridized carbons (Fsp3) is 0.261. The molecule has 4 nitrogen and oxygen atoms in total. The Labute approximate surface area is 164 Å². The molecule has 0 aliphatic carbocycles. The molecule has 28 heavy (non-hydrogen) atoms. The second-order valence-electron chi connectivity index (χ2n) is 7.39. The van der Waals surface area contributed by atoms with Crippen LogP contribution in [0, 0.1) is 5.82 Å². The number of hydrogen-bond acceptors (Lipinski definition) is 2. The number of benzene rings is 2. The number of carbonyl (C=O) groups excluding carboxylic acids is 1. The van der Waals surface area contributed by atoms with Gasteiger partial charge in [0.05, 0.1) is 11.9 Å². The molecule has 1 amide bonds. The van der Waals surface area contributed by atoms with Gasteiger partial charge in [-0.25, -0.2) is 4.39 Å². The molecule has 0 radical (unpaired) electrons. The van der Waals surface area contributed by atoms with Crippen LogP contribution in [0.25, 0.3) is 22.2 Å². The fourth-order valence-corrected chi connectivity index (χ4v) is 3.66. The Morgan fingerprint density at radius 1 is 1.18 bits per heavy atom. The molecule has 0 bridgehead atoms. The van der Waals surface area contributed by atoms with E-state index in [0.29, 0.717) is 6.42 Å². The number of nitrogens with one attached hydrogen (secondary N) is 1. The summed E-state index contributed by atoms with van der Waals surface area (Å²) in [7, 11) is 3.55. The maximum Gasteiger partial charge on any atom is 0.226 e. The van der Waals surface area contributed by atoms with Crippen molar-refractivity contribution in [2.75, 3.05) is 27.2 Å². The molecule has 0 saturated heterocycles. The largest absolute Gasteiger partial charge is 0.349 e. The summed E-state index contributed by atoms with van der Waals surface area (Å²) in [6, 6.07) is 12.7. The van der Waals surface area contributed by atoms with E-state index in [1.807, 2.05) is 6.07 Å². The van der Waals surface area contributed by atoms with E-state index >= 15 is 0 Å². The molecule has 0 atom stereocenters. The molecule has 144 valence electrons. The Morgan fingerprint density at radius 2 is 1.96 bits per heavy atom. The van der Waals surface area contributed by atoms with Gasteiger partial charge < -0.3 is 14.8 Å². The molecule has 3 aromatic rings. The molecular weight excluding hydrogens is 353 g/mol. The number of halogens is 1. The van der Waals surface area contributed by atoms with E-state index in [1.54, 1.807) is 31.1 Å². The summed E-state index contributed by atoms with van der Waals surface area (Å²) in [6.45, 7) is 1.81. The summed E-state index contributed by atoms with van der Waals surface area (Å²) in [5.41, 5.74) is 5.46. The number of likely N-dealkylation sites (N-methyl/N-ethyl adjacent to an activating group) is 1. The monoisotopic (exact) mass is 377 g/mol. The molecule has 1 aliphatic rings. The fourth-order valence-electron chi connectivity index (χ4n) is 3.66. The van der Waals surface area contributed by atoms with Gasteiger partial charge in [0.1, 0.15) is 5.82 Å². The van der Waals surface area contributed by atoms with Crippen molar-refractivity contribution >= 4 is 22.4 Å². The van der Waals surface area contributed by atoms with Gasteiger partial charge in [-0.2, -0.15) is 0 Å². The third-order valence-electron chi connectivity index (χ3n) is 5.24. The standard InChI is InChI=1S/C23H24FN3O/c1-26(2)23(28)14-16-3-8-22-20(13-16)21(17-9-11-25-12-10-17)15-27(22)19-6-4-18(24)5-7-19/h3-9,13,15,25H,10-12,14H2,1-2H3. The number of hydrogen-bond donors (Lipinski definition) is 1. The van der Waals surface area contributed by atoms with Crippen LogP contribution in [0.1, 0.15) is 17.5 Å². The Bertz CT molecular complexity index is 1050. The molecule has 1 aliphatic heterocycles. The summed E-state index contributed by atoms with van der Waals surface area (Å²) in [5.74, 6) is -0.161. The lowest BCUT2D eigenvalue weighted by molar-refractivity contribution is -0.127. The Kier molecular flexibility index (Phi) is 5.01. The minimum absolute atomic E-state index is 0.0833. The van der Waals surface area contributed by atoms with Crippen LogP contribution >= 0.6 is 0 Å². The first-order valence-electron chi connectivity index (χ1n) is 9.53. The lowest BCUT2D eigenvalue weighted by Crippen LogP contribution is -2.23. The first-order chi connectivity index (χ1) is 13.5. The molecule has 2 heterocycles. The highest BCUT2D eigenvalue weighted by Gasteiger charge is 2.16. The van der Waals surface area contributed by atoms with Crippen LogP contribution in [0.2, 0.25) is 0 Å². The van der Waals surface area contributed by atoms with Crippen LogP contribution in [0.4, 0.5) is 4.39 Å². The minimum atomic E-state index is -0.244. The smallest absolute Gasteiger partial charge is 0.226 e. The molecule has 1 aromatic heterocycles. The number of aromatic nitrogens is 1. The topological polar surface area (TPSA) is 37.3 Å². The van der Waals surface area contributed by atoms with Crippen molar-refractivity contribution in [1.82, 2.24) is 14.8 Å². The van der Waals surface area contributed by atoms with E-state index in [9.17, 15) is 9.18 Å². The molecule has 0 fully saturated rings. The van der Waals surface area contributed by atoms with Gasteiger partial charge in [0.25, 0.3) is 0 Å². The van der Waals surface area contributed by atoms with Crippen LogP contribution in [0.5, 0.6) is 0 Å². The first-order valence-corrected chi connectivity index (χ1v) is 9.53. The van der Waals surface area contributed by atoms with Crippen LogP contribution in [-0.4, -0.2) is 42.6 Å². The number of amides is 1. The maximum atomic E-state index is 13.4. The van der Waals surface area contributed by atoms with Gasteiger partial charge in [-0.3, -0.25) is 4.79 Å². The van der Waals surface area contributed by atoms with Crippen LogP contribution in [0.15, 0.2) is 54.7 Å². The number of fused-ring (bicyclic) bond motifs is 1. The molecule has 1 N–H and O–H groups in total. The summed E-state index contributed by atoms with van der Waals surface area (Å²) >= 11 is 0. The Balaban J connectivity index is 1.85. The average Bonchev–Trinajstić information content (AvgIpc) is 3.08. The summed E-state index contributed by atoms with van der Waals surface area (Å²) < 4.78 is 15.5. The highest BCUT2D eigenvalue weighted by Crippen LogP contribution is 2.33. The Morgan fingerprint density at radius 3 is 2.64 bits per heavy atom. The Hall–Kier alpha value is -2.92. The van der Waals surface area contributed by atoms with Gasteiger partial charge >= 0.3 is 0 Å². The third-order valence-corrected chi connectivity index (χ3v) is 5.24. The third kappa shape index (κ3) is 3.58. The highest BCUT2D eigenvalue weighted by atomic mass is 19.1. The van der Waals surface area contributed by atoms with Gasteiger partial charge in [0.15, 0.2) is 0 Å². The zero-order valence-corrected chi connectivity index (χ0v) is 16.2. The lowest BCUT2D eigenvalue weighted by atomic mass is 9.98. The predicted octanol–water partition coefficient (Wildman–Crippen LogP) is 3.78. The van der Waals surface area contributed by atoms with Crippen molar-refractivity contribution in [3.05, 3.63) is 71.7 Å². The summed E-state index contributed by atoms with van der Waals surface area (Å²) in [5, 5.41) is 4.48. The van der Waals surface area contributed by atoms with Gasteiger partial charge in [0, 0.05) is 43.5 Å². The second-order valence-corrected chi connectivity index (χ2v) is 7.39. The summed E-state index contributed by atoms with van der Waals surface area (Å²) in [4.78, 5) is 13.8. The first kappa shape index (κ1) is 18.4. The van der Waals surface area contributed by atoms with Gasteiger partial charge in [-0.15, -0.1) is 0 Å². The molecular formula is C23H24FN3O. The van der Waals surface area contributed by atoms with E-state index < -0.39 is 0 Å². The second kappa shape index (κ2) is 7.60. The van der Waals surface area contributed by atoms with Gasteiger partial charge in [-0.05, 0) is 60.5 Å². The SMILES string of the molecule is CN(C)C(=O)Cc1ccc2c(c1)c(C1=CCNCC1)cn2-c1ccc(F)cc1. The molecule has 5 heteroatoms. The molecule has 0 spiro atoms. The number of nitrogens with zero attached hydrogens (tertiary/aromatic N) is 2. The zero-order valence-electron chi connectivity index (χ0n) is 16.2. The molecule has 4 rings (SSSR count). The van der Waals surface area contributed by atoms with Gasteiger partial charge in [0.2, 0.25) is 5.91 Å². The quantitative estimate of drug-likeness (QED) is 0.751. The van der Waals surface area contributed by atoms with E-state index in [2.05, 4.69) is 34.3 Å². The predicted molar refractivity (Wildman–Crippen MR) is 111 cm³/mol.